The zero-order valence-corrected chi connectivity index (χ0v) is 15.0. The van der Waals surface area contributed by atoms with Gasteiger partial charge in [0.2, 0.25) is 0 Å². The van der Waals surface area contributed by atoms with Crippen LogP contribution in [0.4, 0.5) is 11.4 Å². The molecule has 0 unspecified atom stereocenters. The highest BCUT2D eigenvalue weighted by atomic mass is 16.5. The Kier molecular flexibility index (Phi) is 4.05. The zero-order valence-electron chi connectivity index (χ0n) is 15.0. The molecule has 2 aromatic carbocycles. The minimum absolute atomic E-state index is 0.784. The Hall–Kier alpha value is -3.34. The Labute approximate surface area is 152 Å². The van der Waals surface area contributed by atoms with Gasteiger partial charge in [0.25, 0.3) is 0 Å². The molecular weight excluding hydrogens is 324 g/mol. The maximum absolute atomic E-state index is 5.49. The monoisotopic (exact) mass is 344 g/mol. The molecule has 0 aliphatic heterocycles. The quantitative estimate of drug-likeness (QED) is 0.578. The van der Waals surface area contributed by atoms with Crippen LogP contribution in [0, 0.1) is 13.8 Å². The van der Waals surface area contributed by atoms with Crippen molar-refractivity contribution in [3.05, 3.63) is 72.4 Å². The van der Waals surface area contributed by atoms with Crippen LogP contribution in [-0.4, -0.2) is 21.6 Å². The number of methoxy groups -OCH3 is 1. The number of nitrogens with one attached hydrogen (secondary N) is 1. The largest absolute Gasteiger partial charge is 0.497 e. The smallest absolute Gasteiger partial charge is 0.123 e. The number of aromatic nitrogens is 3. The number of fused-ring (bicyclic) bond motifs is 1. The number of aryl methyl sites for hydroxylation is 2. The molecule has 0 bridgehead atoms. The molecule has 4 rings (SSSR count). The fourth-order valence-corrected chi connectivity index (χ4v) is 3.05. The molecule has 1 N–H and O–H groups in total. The minimum Gasteiger partial charge on any atom is -0.497 e. The molecule has 2 aromatic heterocycles. The SMILES string of the molecule is COc1cc(Nc2cc(C)nc3ccccc23)cc(-n2cnc(C)c2)c1. The predicted octanol–water partition coefficient (Wildman–Crippen LogP) is 4.79. The average molecular weight is 344 g/mol. The summed E-state index contributed by atoms with van der Waals surface area (Å²) in [6, 6.07) is 16.2. The second-order valence-electron chi connectivity index (χ2n) is 6.30. The maximum Gasteiger partial charge on any atom is 0.123 e. The number of anilines is 2. The molecule has 0 atom stereocenters. The highest BCUT2D eigenvalue weighted by Crippen LogP contribution is 2.30. The molecule has 0 spiro atoms. The summed E-state index contributed by atoms with van der Waals surface area (Å²) < 4.78 is 7.47. The molecule has 0 aliphatic carbocycles. The van der Waals surface area contributed by atoms with E-state index < -0.39 is 0 Å². The van der Waals surface area contributed by atoms with E-state index in [-0.39, 0.29) is 0 Å². The lowest BCUT2D eigenvalue weighted by molar-refractivity contribution is 0.415. The minimum atomic E-state index is 0.784. The van der Waals surface area contributed by atoms with Crippen LogP contribution in [-0.2, 0) is 0 Å². The summed E-state index contributed by atoms with van der Waals surface area (Å²) in [5.74, 6) is 0.784. The van der Waals surface area contributed by atoms with Gasteiger partial charge < -0.3 is 14.6 Å². The summed E-state index contributed by atoms with van der Waals surface area (Å²) in [7, 11) is 1.67. The summed E-state index contributed by atoms with van der Waals surface area (Å²) >= 11 is 0. The molecule has 130 valence electrons. The van der Waals surface area contributed by atoms with Gasteiger partial charge in [-0.1, -0.05) is 18.2 Å². The molecule has 0 saturated heterocycles. The first kappa shape index (κ1) is 16.1. The number of ether oxygens (including phenoxy) is 1. The van der Waals surface area contributed by atoms with Gasteiger partial charge >= 0.3 is 0 Å². The first-order chi connectivity index (χ1) is 12.6. The Bertz CT molecular complexity index is 1080. The van der Waals surface area contributed by atoms with Crippen LogP contribution in [0.5, 0.6) is 5.75 Å². The molecule has 0 amide bonds. The van der Waals surface area contributed by atoms with Gasteiger partial charge in [0.15, 0.2) is 0 Å². The molecule has 5 heteroatoms. The van der Waals surface area contributed by atoms with Crippen molar-refractivity contribution < 1.29 is 4.74 Å². The molecule has 26 heavy (non-hydrogen) atoms. The van der Waals surface area contributed by atoms with Crippen molar-refractivity contribution in [3.8, 4) is 11.4 Å². The number of hydrogen-bond acceptors (Lipinski definition) is 4. The normalized spacial score (nSPS) is 10.9. The second kappa shape index (κ2) is 6.52. The van der Waals surface area contributed by atoms with Crippen LogP contribution >= 0.6 is 0 Å². The van der Waals surface area contributed by atoms with Gasteiger partial charge in [-0.25, -0.2) is 4.98 Å². The van der Waals surface area contributed by atoms with Gasteiger partial charge in [-0.15, -0.1) is 0 Å². The van der Waals surface area contributed by atoms with E-state index in [1.54, 1.807) is 13.4 Å². The molecule has 0 fully saturated rings. The van der Waals surface area contributed by atoms with Gasteiger partial charge in [0, 0.05) is 40.8 Å². The Balaban J connectivity index is 1.79. The molecule has 0 radical (unpaired) electrons. The summed E-state index contributed by atoms with van der Waals surface area (Å²) in [5, 5.41) is 4.61. The average Bonchev–Trinajstić information content (AvgIpc) is 3.08. The number of para-hydroxylation sites is 1. The topological polar surface area (TPSA) is 52.0 Å². The highest BCUT2D eigenvalue weighted by Gasteiger charge is 2.08. The third kappa shape index (κ3) is 3.11. The van der Waals surface area contributed by atoms with Crippen molar-refractivity contribution in [1.29, 1.82) is 0 Å². The molecule has 5 nitrogen and oxygen atoms in total. The third-order valence-electron chi connectivity index (χ3n) is 4.26. The number of hydrogen-bond donors (Lipinski definition) is 1. The van der Waals surface area contributed by atoms with Crippen molar-refractivity contribution in [2.45, 2.75) is 13.8 Å². The van der Waals surface area contributed by atoms with E-state index in [4.69, 9.17) is 4.74 Å². The van der Waals surface area contributed by atoms with Gasteiger partial charge in [0.1, 0.15) is 5.75 Å². The van der Waals surface area contributed by atoms with Crippen LogP contribution in [0.3, 0.4) is 0 Å². The summed E-state index contributed by atoms with van der Waals surface area (Å²) in [4.78, 5) is 8.91. The van der Waals surface area contributed by atoms with Crippen molar-refractivity contribution in [1.82, 2.24) is 14.5 Å². The Morgan fingerprint density at radius 3 is 2.62 bits per heavy atom. The molecule has 0 aliphatic rings. The van der Waals surface area contributed by atoms with Gasteiger partial charge in [0.05, 0.1) is 30.3 Å². The standard InChI is InChI=1S/C21H20N4O/c1-14-8-21(19-6-4-5-7-20(19)23-14)24-16-9-17(11-18(10-16)26-3)25-12-15(2)22-13-25/h4-13H,1-3H3,(H,23,24). The number of benzene rings is 2. The maximum atomic E-state index is 5.49. The molecule has 2 heterocycles. The van der Waals surface area contributed by atoms with Crippen LogP contribution in [0.1, 0.15) is 11.4 Å². The molecular formula is C21H20N4O. The van der Waals surface area contributed by atoms with Crippen molar-refractivity contribution in [3.63, 3.8) is 0 Å². The number of nitrogens with zero attached hydrogens (tertiary/aromatic N) is 3. The lowest BCUT2D eigenvalue weighted by Crippen LogP contribution is -1.98. The van der Waals surface area contributed by atoms with Crippen LogP contribution in [0.25, 0.3) is 16.6 Å². The fourth-order valence-electron chi connectivity index (χ4n) is 3.05. The predicted molar refractivity (Wildman–Crippen MR) is 105 cm³/mol. The van der Waals surface area contributed by atoms with Crippen LogP contribution < -0.4 is 10.1 Å². The van der Waals surface area contributed by atoms with Crippen LogP contribution in [0.15, 0.2) is 61.1 Å². The third-order valence-corrected chi connectivity index (χ3v) is 4.26. The van der Waals surface area contributed by atoms with E-state index in [0.717, 1.165) is 45.1 Å². The Morgan fingerprint density at radius 1 is 1.00 bits per heavy atom. The van der Waals surface area contributed by atoms with E-state index in [9.17, 15) is 0 Å². The van der Waals surface area contributed by atoms with Crippen molar-refractivity contribution in [2.75, 3.05) is 12.4 Å². The van der Waals surface area contributed by atoms with E-state index in [1.165, 1.54) is 0 Å². The zero-order chi connectivity index (χ0) is 18.1. The fraction of sp³-hybridized carbons (Fsp3) is 0.143. The van der Waals surface area contributed by atoms with Gasteiger partial charge in [-0.2, -0.15) is 0 Å². The second-order valence-corrected chi connectivity index (χ2v) is 6.30. The van der Waals surface area contributed by atoms with E-state index in [2.05, 4.69) is 33.5 Å². The van der Waals surface area contributed by atoms with Gasteiger partial charge in [-0.05, 0) is 32.0 Å². The Morgan fingerprint density at radius 2 is 1.85 bits per heavy atom. The van der Waals surface area contributed by atoms with Crippen LogP contribution in [0.2, 0.25) is 0 Å². The van der Waals surface area contributed by atoms with E-state index in [0.29, 0.717) is 0 Å². The first-order valence-electron chi connectivity index (χ1n) is 8.46. The molecule has 0 saturated carbocycles. The van der Waals surface area contributed by atoms with E-state index >= 15 is 0 Å². The van der Waals surface area contributed by atoms with Crippen molar-refractivity contribution in [2.24, 2.45) is 0 Å². The first-order valence-corrected chi connectivity index (χ1v) is 8.46. The van der Waals surface area contributed by atoms with Gasteiger partial charge in [-0.3, -0.25) is 4.98 Å². The lowest BCUT2D eigenvalue weighted by Gasteiger charge is -2.14. The lowest BCUT2D eigenvalue weighted by atomic mass is 10.1. The number of pyridine rings is 1. The van der Waals surface area contributed by atoms with Crippen molar-refractivity contribution >= 4 is 22.3 Å². The number of rotatable bonds is 4. The summed E-state index contributed by atoms with van der Waals surface area (Å²) in [5.41, 5.74) is 5.87. The summed E-state index contributed by atoms with van der Waals surface area (Å²) in [6.45, 7) is 3.98. The van der Waals surface area contributed by atoms with E-state index in [1.807, 2.05) is 54.9 Å². The molecule has 4 aromatic rings. The highest BCUT2D eigenvalue weighted by molar-refractivity contribution is 5.93. The number of imidazole rings is 1. The summed E-state index contributed by atoms with van der Waals surface area (Å²) in [6.07, 6.45) is 3.80.